The minimum atomic E-state index is -5.14. The molecule has 0 spiro atoms. The maximum atomic E-state index is 8.66. The average Bonchev–Trinajstić information content (AvgIpc) is 1.36. The van der Waals surface area contributed by atoms with E-state index in [1.54, 1.807) is 0 Å². The van der Waals surface area contributed by atoms with E-state index >= 15 is 0 Å². The van der Waals surface area contributed by atoms with E-state index in [4.69, 9.17) is 19.2 Å². The predicted molar refractivity (Wildman–Crippen MR) is 21.1 cm³/mol. The molecule has 44 valence electrons. The molecule has 0 saturated carbocycles. The smallest absolute Gasteiger partial charge is 0.790 e. The Bertz CT molecular complexity index is 72.4. The first kappa shape index (κ1) is 22.4. The molecule has 0 aromatic rings. The summed E-state index contributed by atoms with van der Waals surface area (Å²) in [4.78, 5) is 24.3. The third-order valence-electron chi connectivity index (χ3n) is 0. The molecule has 0 saturated heterocycles. The van der Waals surface area contributed by atoms with Gasteiger partial charge >= 0.3 is 59.1 Å². The molecule has 0 aliphatic rings. The largest absolute Gasteiger partial charge is 1.00 e. The molecule has 0 aliphatic carbocycles. The Morgan fingerprint density at radius 1 is 1.22 bits per heavy atom. The second kappa shape index (κ2) is 12.5. The van der Waals surface area contributed by atoms with Crippen LogP contribution in [0.4, 0.5) is 0 Å². The zero-order valence-electron chi connectivity index (χ0n) is 5.53. The Kier molecular flexibility index (Phi) is 31.2. The Hall–Kier alpha value is 1.85. The first-order valence-corrected chi connectivity index (χ1v) is 2.74. The predicted octanol–water partition coefficient (Wildman–Crippen LogP) is -7.38. The fourth-order valence-electron chi connectivity index (χ4n) is 0. The zero-order chi connectivity index (χ0) is 6.50. The van der Waals surface area contributed by atoms with Gasteiger partial charge in [0, 0.05) is 0 Å². The second-order valence-corrected chi connectivity index (χ2v) is 1.41. The van der Waals surface area contributed by atoms with Crippen molar-refractivity contribution in [1.82, 2.24) is 0 Å². The van der Waals surface area contributed by atoms with Crippen molar-refractivity contribution in [2.75, 3.05) is 0 Å². The van der Waals surface area contributed by atoms with Crippen LogP contribution in [0.5, 0.6) is 0 Å². The molecule has 7 heteroatoms. The van der Waals surface area contributed by atoms with E-state index in [9.17, 15) is 0 Å². The van der Waals surface area contributed by atoms with E-state index in [-0.39, 0.29) is 59.1 Å². The van der Waals surface area contributed by atoms with Gasteiger partial charge in [0.2, 0.25) is 0 Å². The summed E-state index contributed by atoms with van der Waals surface area (Å²) >= 11 is 0. The van der Waals surface area contributed by atoms with Crippen LogP contribution in [0, 0.1) is 0 Å². The van der Waals surface area contributed by atoms with Gasteiger partial charge in [-0.25, -0.2) is 0 Å². The van der Waals surface area contributed by atoms with Gasteiger partial charge < -0.3 is 19.2 Å². The molecular weight excluding hydrogens is 165 g/mol. The van der Waals surface area contributed by atoms with Crippen LogP contribution in [0.1, 0.15) is 0 Å². The molecular formula is C2H5Na2O4P. The van der Waals surface area contributed by atoms with Crippen molar-refractivity contribution in [2.45, 2.75) is 0 Å². The number of hydrogen-bond acceptors (Lipinski definition) is 3. The average molecular weight is 170 g/mol. The van der Waals surface area contributed by atoms with Gasteiger partial charge in [-0.2, -0.15) is 0 Å². The summed E-state index contributed by atoms with van der Waals surface area (Å²) in [6.07, 6.45) is 0. The number of rotatable bonds is 0. The summed E-state index contributed by atoms with van der Waals surface area (Å²) < 4.78 is 8.66. The van der Waals surface area contributed by atoms with Gasteiger partial charge in [-0.3, -0.25) is 0 Å². The molecule has 0 atom stereocenters. The van der Waals surface area contributed by atoms with Crippen LogP contribution in [0.2, 0.25) is 0 Å². The van der Waals surface area contributed by atoms with Crippen molar-refractivity contribution >= 4 is 7.82 Å². The van der Waals surface area contributed by atoms with Crippen molar-refractivity contribution in [3.8, 4) is 0 Å². The maximum absolute atomic E-state index is 8.66. The van der Waals surface area contributed by atoms with E-state index in [1.165, 1.54) is 0 Å². The summed E-state index contributed by atoms with van der Waals surface area (Å²) in [5, 5.41) is 0. The van der Waals surface area contributed by atoms with Crippen LogP contribution >= 0.6 is 7.82 Å². The van der Waals surface area contributed by atoms with E-state index in [2.05, 4.69) is 13.2 Å². The third-order valence-corrected chi connectivity index (χ3v) is 0. The van der Waals surface area contributed by atoms with Gasteiger partial charge in [-0.1, -0.05) is 0 Å². The van der Waals surface area contributed by atoms with Gasteiger partial charge in [-0.15, -0.1) is 13.2 Å². The SMILES string of the molecule is C=C.O=P([O-])([O-])O.[Na+].[Na+]. The first-order valence-electron chi connectivity index (χ1n) is 1.25. The van der Waals surface area contributed by atoms with Crippen molar-refractivity contribution < 1.29 is 78.4 Å². The molecule has 0 rings (SSSR count). The van der Waals surface area contributed by atoms with E-state index in [0.29, 0.717) is 0 Å². The molecule has 4 nitrogen and oxygen atoms in total. The van der Waals surface area contributed by atoms with Gasteiger partial charge in [0.25, 0.3) is 0 Å². The summed E-state index contributed by atoms with van der Waals surface area (Å²) in [5.41, 5.74) is 0. The summed E-state index contributed by atoms with van der Waals surface area (Å²) in [6.45, 7) is 6.00. The zero-order valence-corrected chi connectivity index (χ0v) is 10.4. The number of hydrogen-bond donors (Lipinski definition) is 1. The standard InChI is InChI=1S/C2H4.2Na.H3O4P/c1-2;;;1-5(2,3)4/h1-2H2;;;(H3,1,2,3,4)/q;2*+1;/p-2. The van der Waals surface area contributed by atoms with Gasteiger partial charge in [0.05, 0.1) is 7.82 Å². The van der Waals surface area contributed by atoms with Crippen molar-refractivity contribution in [3.63, 3.8) is 0 Å². The van der Waals surface area contributed by atoms with Gasteiger partial charge in [0.1, 0.15) is 0 Å². The monoisotopic (exact) mass is 170 g/mol. The van der Waals surface area contributed by atoms with E-state index < -0.39 is 7.82 Å². The molecule has 0 bridgehead atoms. The van der Waals surface area contributed by atoms with Crippen LogP contribution in [-0.4, -0.2) is 4.89 Å². The Balaban J connectivity index is -0.0000000286. The quantitative estimate of drug-likeness (QED) is 0.222. The maximum Gasteiger partial charge on any atom is 1.00 e. The second-order valence-electron chi connectivity index (χ2n) is 0.469. The fourth-order valence-corrected chi connectivity index (χ4v) is 0. The van der Waals surface area contributed by atoms with E-state index in [1.807, 2.05) is 0 Å². The van der Waals surface area contributed by atoms with Crippen molar-refractivity contribution in [2.24, 2.45) is 0 Å². The molecule has 0 heterocycles. The molecule has 0 aromatic heterocycles. The summed E-state index contributed by atoms with van der Waals surface area (Å²) in [7, 11) is -5.14. The third kappa shape index (κ3) is 177. The molecule has 0 aliphatic heterocycles. The topological polar surface area (TPSA) is 83.4 Å². The normalized spacial score (nSPS) is 7.00. The summed E-state index contributed by atoms with van der Waals surface area (Å²) in [5.74, 6) is 0. The van der Waals surface area contributed by atoms with Gasteiger partial charge in [-0.05, 0) is 0 Å². The Morgan fingerprint density at radius 3 is 1.22 bits per heavy atom. The molecule has 0 fully saturated rings. The minimum absolute atomic E-state index is 0. The Labute approximate surface area is 98.2 Å². The van der Waals surface area contributed by atoms with Crippen LogP contribution in [0.25, 0.3) is 0 Å². The van der Waals surface area contributed by atoms with Crippen LogP contribution < -0.4 is 68.9 Å². The van der Waals surface area contributed by atoms with E-state index in [0.717, 1.165) is 0 Å². The molecule has 0 amide bonds. The molecule has 9 heavy (non-hydrogen) atoms. The fraction of sp³-hybridized carbons (Fsp3) is 0. The molecule has 1 N–H and O–H groups in total. The summed E-state index contributed by atoms with van der Waals surface area (Å²) in [6, 6.07) is 0. The van der Waals surface area contributed by atoms with Crippen LogP contribution in [-0.2, 0) is 4.57 Å². The molecule has 0 radical (unpaired) electrons. The Morgan fingerprint density at radius 2 is 1.22 bits per heavy atom. The van der Waals surface area contributed by atoms with Crippen LogP contribution in [0.15, 0.2) is 13.2 Å². The molecule has 0 aromatic carbocycles. The minimum Gasteiger partial charge on any atom is -0.790 e. The number of phosphoric acid groups is 1. The molecule has 0 unspecified atom stereocenters. The van der Waals surface area contributed by atoms with Gasteiger partial charge in [0.15, 0.2) is 0 Å². The van der Waals surface area contributed by atoms with Crippen molar-refractivity contribution in [1.29, 1.82) is 0 Å². The van der Waals surface area contributed by atoms with Crippen LogP contribution in [0.3, 0.4) is 0 Å². The van der Waals surface area contributed by atoms with Crippen molar-refractivity contribution in [3.05, 3.63) is 13.2 Å². The first-order chi connectivity index (χ1) is 3.00.